The molecule has 0 heterocycles. The van der Waals surface area contributed by atoms with E-state index in [9.17, 15) is 13.9 Å². The van der Waals surface area contributed by atoms with Gasteiger partial charge < -0.3 is 9.84 Å². The fraction of sp³-hybridized carbons (Fsp3) is 0.500. The molecular formula is C12H14F2O2. The van der Waals surface area contributed by atoms with Crippen LogP contribution in [0, 0.1) is 11.6 Å². The predicted octanol–water partition coefficient (Wildman–Crippen LogP) is 2.57. The van der Waals surface area contributed by atoms with Gasteiger partial charge >= 0.3 is 0 Å². The summed E-state index contributed by atoms with van der Waals surface area (Å²) in [7, 11) is 0. The Bertz CT molecular complexity index is 364. The molecule has 1 saturated carbocycles. The molecule has 1 aromatic carbocycles. The van der Waals surface area contributed by atoms with Gasteiger partial charge in [0.05, 0.1) is 12.7 Å². The van der Waals surface area contributed by atoms with Gasteiger partial charge in [0.1, 0.15) is 6.10 Å². The smallest absolute Gasteiger partial charge is 0.164 e. The number of hydrogen-bond donors (Lipinski definition) is 1. The third-order valence-corrected chi connectivity index (χ3v) is 2.88. The number of halogens is 2. The maximum Gasteiger partial charge on any atom is 0.164 e. The second-order valence-corrected chi connectivity index (χ2v) is 4.05. The minimum absolute atomic E-state index is 0.0189. The van der Waals surface area contributed by atoms with Crippen molar-refractivity contribution in [1.29, 1.82) is 0 Å². The van der Waals surface area contributed by atoms with Gasteiger partial charge in [-0.3, -0.25) is 0 Å². The Morgan fingerprint density at radius 2 is 2.12 bits per heavy atom. The average molecular weight is 228 g/mol. The van der Waals surface area contributed by atoms with Crippen LogP contribution in [0.15, 0.2) is 18.2 Å². The van der Waals surface area contributed by atoms with Gasteiger partial charge in [-0.15, -0.1) is 0 Å². The third kappa shape index (κ3) is 2.39. The lowest BCUT2D eigenvalue weighted by atomic mass is 9.96. The van der Waals surface area contributed by atoms with Crippen LogP contribution in [0.5, 0.6) is 0 Å². The number of aliphatic hydroxyl groups excluding tert-OH is 1. The molecule has 1 unspecified atom stereocenters. The Balaban J connectivity index is 1.96. The zero-order chi connectivity index (χ0) is 11.5. The van der Waals surface area contributed by atoms with E-state index in [2.05, 4.69) is 0 Å². The van der Waals surface area contributed by atoms with Crippen molar-refractivity contribution in [3.8, 4) is 0 Å². The summed E-state index contributed by atoms with van der Waals surface area (Å²) in [5.41, 5.74) is -0.0423. The summed E-state index contributed by atoms with van der Waals surface area (Å²) >= 11 is 0. The Labute approximate surface area is 92.9 Å². The summed E-state index contributed by atoms with van der Waals surface area (Å²) in [6.45, 7) is 0.0189. The summed E-state index contributed by atoms with van der Waals surface area (Å²) in [6.07, 6.45) is 2.17. The van der Waals surface area contributed by atoms with Crippen LogP contribution >= 0.6 is 0 Å². The van der Waals surface area contributed by atoms with Crippen molar-refractivity contribution < 1.29 is 18.6 Å². The van der Waals surface area contributed by atoms with Crippen molar-refractivity contribution >= 4 is 0 Å². The number of hydrogen-bond acceptors (Lipinski definition) is 2. The van der Waals surface area contributed by atoms with Gasteiger partial charge in [-0.05, 0) is 25.3 Å². The first-order valence-electron chi connectivity index (χ1n) is 5.42. The van der Waals surface area contributed by atoms with Crippen LogP contribution in [0.4, 0.5) is 8.78 Å². The first-order chi connectivity index (χ1) is 7.68. The van der Waals surface area contributed by atoms with E-state index in [-0.39, 0.29) is 18.3 Å². The molecule has 0 amide bonds. The van der Waals surface area contributed by atoms with Crippen LogP contribution in [-0.2, 0) is 4.74 Å². The van der Waals surface area contributed by atoms with Crippen LogP contribution < -0.4 is 0 Å². The standard InChI is InChI=1S/C12H14F2O2/c13-10-6-2-5-9(12(10)14)11(15)7-16-8-3-1-4-8/h2,5-6,8,11,15H,1,3-4,7H2. The summed E-state index contributed by atoms with van der Waals surface area (Å²) in [6, 6.07) is 3.77. The quantitative estimate of drug-likeness (QED) is 0.858. The molecule has 1 aromatic rings. The highest BCUT2D eigenvalue weighted by atomic mass is 19.2. The largest absolute Gasteiger partial charge is 0.386 e. The molecule has 2 rings (SSSR count). The minimum atomic E-state index is -1.10. The number of aliphatic hydroxyl groups is 1. The van der Waals surface area contributed by atoms with E-state index in [1.807, 2.05) is 0 Å². The van der Waals surface area contributed by atoms with E-state index in [4.69, 9.17) is 4.74 Å². The fourth-order valence-corrected chi connectivity index (χ4v) is 1.63. The predicted molar refractivity (Wildman–Crippen MR) is 54.9 cm³/mol. The molecule has 0 saturated heterocycles. The van der Waals surface area contributed by atoms with E-state index in [1.165, 1.54) is 12.1 Å². The third-order valence-electron chi connectivity index (χ3n) is 2.88. The van der Waals surface area contributed by atoms with Crippen LogP contribution in [0.3, 0.4) is 0 Å². The summed E-state index contributed by atoms with van der Waals surface area (Å²) < 4.78 is 31.5. The molecule has 1 aliphatic carbocycles. The molecule has 4 heteroatoms. The maximum absolute atomic E-state index is 13.3. The second kappa shape index (κ2) is 4.89. The Hall–Kier alpha value is -1.00. The Kier molecular flexibility index (Phi) is 3.51. The zero-order valence-electron chi connectivity index (χ0n) is 8.83. The molecule has 0 bridgehead atoms. The van der Waals surface area contributed by atoms with Gasteiger partial charge in [0.15, 0.2) is 11.6 Å². The van der Waals surface area contributed by atoms with Gasteiger partial charge in [0.2, 0.25) is 0 Å². The molecule has 1 N–H and O–H groups in total. The lowest BCUT2D eigenvalue weighted by Crippen LogP contribution is -2.24. The molecule has 0 radical (unpaired) electrons. The number of benzene rings is 1. The monoisotopic (exact) mass is 228 g/mol. The van der Waals surface area contributed by atoms with Gasteiger partial charge in [-0.2, -0.15) is 0 Å². The zero-order valence-corrected chi connectivity index (χ0v) is 8.83. The summed E-state index contributed by atoms with van der Waals surface area (Å²) in [5, 5.41) is 9.66. The molecule has 16 heavy (non-hydrogen) atoms. The highest BCUT2D eigenvalue weighted by Gasteiger charge is 2.21. The Morgan fingerprint density at radius 1 is 1.38 bits per heavy atom. The maximum atomic E-state index is 13.3. The number of rotatable bonds is 4. The normalized spacial score (nSPS) is 18.2. The number of ether oxygens (including phenoxy) is 1. The molecular weight excluding hydrogens is 214 g/mol. The minimum Gasteiger partial charge on any atom is -0.386 e. The van der Waals surface area contributed by atoms with Gasteiger partial charge in [-0.1, -0.05) is 12.1 Å². The molecule has 1 atom stereocenters. The lowest BCUT2D eigenvalue weighted by Gasteiger charge is -2.26. The van der Waals surface area contributed by atoms with E-state index in [0.717, 1.165) is 25.3 Å². The first-order valence-corrected chi connectivity index (χ1v) is 5.42. The molecule has 1 aliphatic rings. The SMILES string of the molecule is OC(COC1CCC1)c1cccc(F)c1F. The molecule has 0 aliphatic heterocycles. The van der Waals surface area contributed by atoms with Crippen molar-refractivity contribution in [2.24, 2.45) is 0 Å². The van der Waals surface area contributed by atoms with E-state index in [1.54, 1.807) is 0 Å². The Morgan fingerprint density at radius 3 is 2.75 bits per heavy atom. The molecule has 1 fully saturated rings. The first kappa shape index (κ1) is 11.5. The van der Waals surface area contributed by atoms with Crippen molar-refractivity contribution in [2.45, 2.75) is 31.5 Å². The van der Waals surface area contributed by atoms with Crippen molar-refractivity contribution in [3.05, 3.63) is 35.4 Å². The van der Waals surface area contributed by atoms with Crippen molar-refractivity contribution in [3.63, 3.8) is 0 Å². The summed E-state index contributed by atoms with van der Waals surface area (Å²) in [4.78, 5) is 0. The average Bonchev–Trinajstić information content (AvgIpc) is 2.19. The van der Waals surface area contributed by atoms with Crippen LogP contribution in [0.2, 0.25) is 0 Å². The van der Waals surface area contributed by atoms with Crippen molar-refractivity contribution in [1.82, 2.24) is 0 Å². The van der Waals surface area contributed by atoms with Crippen LogP contribution in [0.1, 0.15) is 30.9 Å². The van der Waals surface area contributed by atoms with Crippen LogP contribution in [0.25, 0.3) is 0 Å². The van der Waals surface area contributed by atoms with Crippen molar-refractivity contribution in [2.75, 3.05) is 6.61 Å². The molecule has 0 spiro atoms. The van der Waals surface area contributed by atoms with Gasteiger partial charge in [-0.25, -0.2) is 8.78 Å². The van der Waals surface area contributed by atoms with Crippen LogP contribution in [-0.4, -0.2) is 17.8 Å². The van der Waals surface area contributed by atoms with E-state index < -0.39 is 17.7 Å². The second-order valence-electron chi connectivity index (χ2n) is 4.05. The topological polar surface area (TPSA) is 29.5 Å². The van der Waals surface area contributed by atoms with E-state index >= 15 is 0 Å². The lowest BCUT2D eigenvalue weighted by molar-refractivity contribution is -0.0435. The highest BCUT2D eigenvalue weighted by Crippen LogP contribution is 2.25. The van der Waals surface area contributed by atoms with Gasteiger partial charge in [0, 0.05) is 5.56 Å². The highest BCUT2D eigenvalue weighted by molar-refractivity contribution is 5.21. The molecule has 88 valence electrons. The summed E-state index contributed by atoms with van der Waals surface area (Å²) in [5.74, 6) is -1.94. The fourth-order valence-electron chi connectivity index (χ4n) is 1.63. The van der Waals surface area contributed by atoms with E-state index in [0.29, 0.717) is 0 Å². The molecule has 2 nitrogen and oxygen atoms in total. The van der Waals surface area contributed by atoms with Gasteiger partial charge in [0.25, 0.3) is 0 Å². The molecule has 0 aromatic heterocycles.